The predicted octanol–water partition coefficient (Wildman–Crippen LogP) is 1.07. The highest BCUT2D eigenvalue weighted by Gasteiger charge is 2.37. The Morgan fingerprint density at radius 1 is 1.42 bits per heavy atom. The van der Waals surface area contributed by atoms with Crippen LogP contribution < -0.4 is 5.73 Å². The molecule has 1 aliphatic heterocycles. The van der Waals surface area contributed by atoms with Crippen molar-refractivity contribution in [2.24, 2.45) is 17.1 Å². The van der Waals surface area contributed by atoms with Crippen molar-refractivity contribution in [2.75, 3.05) is 19.6 Å². The molecule has 0 radical (unpaired) electrons. The lowest BCUT2D eigenvalue weighted by molar-refractivity contribution is 0.0249. The summed E-state index contributed by atoms with van der Waals surface area (Å²) in [6, 6.07) is 0.459. The van der Waals surface area contributed by atoms with E-state index in [1.807, 2.05) is 0 Å². The van der Waals surface area contributed by atoms with Crippen molar-refractivity contribution >= 4 is 0 Å². The number of likely N-dealkylation sites (tertiary alicyclic amines) is 1. The highest BCUT2D eigenvalue weighted by atomic mass is 15.2. The maximum absolute atomic E-state index is 6.04. The first-order valence-electron chi connectivity index (χ1n) is 5.05. The van der Waals surface area contributed by atoms with Crippen LogP contribution in [0.15, 0.2) is 0 Å². The summed E-state index contributed by atoms with van der Waals surface area (Å²) in [5.41, 5.74) is 6.60. The van der Waals surface area contributed by atoms with Gasteiger partial charge in [0, 0.05) is 25.7 Å². The minimum absolute atomic E-state index is 0.459. The Bertz CT molecular complexity index is 165. The molecule has 1 unspecified atom stereocenters. The van der Waals surface area contributed by atoms with E-state index in [1.54, 1.807) is 0 Å². The van der Waals surface area contributed by atoms with Crippen LogP contribution in [0.4, 0.5) is 0 Å². The van der Waals surface area contributed by atoms with Gasteiger partial charge >= 0.3 is 0 Å². The summed E-state index contributed by atoms with van der Waals surface area (Å²) in [5.74, 6) is 0.855. The first-order chi connectivity index (χ1) is 5.57. The van der Waals surface area contributed by atoms with Crippen molar-refractivity contribution in [2.45, 2.75) is 32.7 Å². The van der Waals surface area contributed by atoms with E-state index >= 15 is 0 Å². The van der Waals surface area contributed by atoms with Gasteiger partial charge in [-0.25, -0.2) is 0 Å². The van der Waals surface area contributed by atoms with Crippen molar-refractivity contribution in [1.82, 2.24) is 4.90 Å². The molecule has 70 valence electrons. The Morgan fingerprint density at radius 3 is 2.42 bits per heavy atom. The Kier molecular flexibility index (Phi) is 1.92. The summed E-state index contributed by atoms with van der Waals surface area (Å²) in [4.78, 5) is 2.49. The van der Waals surface area contributed by atoms with Gasteiger partial charge in [-0.2, -0.15) is 0 Å². The number of hydrogen-bond acceptors (Lipinski definition) is 2. The quantitative estimate of drug-likeness (QED) is 0.683. The number of nitrogens with zero attached hydrogens (tertiary/aromatic N) is 1. The zero-order chi connectivity index (χ0) is 8.77. The van der Waals surface area contributed by atoms with Gasteiger partial charge in [-0.05, 0) is 24.2 Å². The fourth-order valence-corrected chi connectivity index (χ4v) is 2.27. The van der Waals surface area contributed by atoms with Crippen LogP contribution in [0.25, 0.3) is 0 Å². The van der Waals surface area contributed by atoms with Crippen LogP contribution in [0, 0.1) is 11.3 Å². The molecule has 0 aromatic carbocycles. The summed E-state index contributed by atoms with van der Waals surface area (Å²) in [5, 5.41) is 0. The molecule has 2 aliphatic rings. The Balaban J connectivity index is 1.68. The van der Waals surface area contributed by atoms with Gasteiger partial charge in [0.05, 0.1) is 0 Å². The molecule has 1 heterocycles. The molecule has 0 spiro atoms. The molecule has 2 heteroatoms. The molecule has 1 aliphatic carbocycles. The fourth-order valence-electron chi connectivity index (χ4n) is 2.27. The van der Waals surface area contributed by atoms with E-state index in [4.69, 9.17) is 5.73 Å². The topological polar surface area (TPSA) is 29.3 Å². The van der Waals surface area contributed by atoms with Crippen molar-refractivity contribution in [1.29, 1.82) is 0 Å². The second-order valence-electron chi connectivity index (χ2n) is 5.34. The second kappa shape index (κ2) is 2.71. The van der Waals surface area contributed by atoms with E-state index in [0.29, 0.717) is 11.5 Å². The third-order valence-electron chi connectivity index (χ3n) is 3.00. The summed E-state index contributed by atoms with van der Waals surface area (Å²) in [6.45, 7) is 8.27. The molecule has 1 atom stereocenters. The van der Waals surface area contributed by atoms with Crippen LogP contribution >= 0.6 is 0 Å². The van der Waals surface area contributed by atoms with Crippen molar-refractivity contribution in [3.8, 4) is 0 Å². The molecule has 1 saturated carbocycles. The van der Waals surface area contributed by atoms with Gasteiger partial charge in [-0.15, -0.1) is 0 Å². The standard InChI is InChI=1S/C10H20N2/c1-10(2)6-12(7-10)5-9(11)8-3-4-8/h8-9H,3-7,11H2,1-2H3. The summed E-state index contributed by atoms with van der Waals surface area (Å²) < 4.78 is 0. The number of hydrogen-bond donors (Lipinski definition) is 1. The van der Waals surface area contributed by atoms with E-state index in [2.05, 4.69) is 18.7 Å². The van der Waals surface area contributed by atoms with Gasteiger partial charge < -0.3 is 10.6 Å². The Labute approximate surface area is 75.1 Å². The average Bonchev–Trinajstić information content (AvgIpc) is 2.62. The van der Waals surface area contributed by atoms with E-state index in [0.717, 1.165) is 12.5 Å². The molecule has 0 amide bonds. The van der Waals surface area contributed by atoms with Gasteiger partial charge in [0.25, 0.3) is 0 Å². The molecule has 2 fully saturated rings. The highest BCUT2D eigenvalue weighted by Crippen LogP contribution is 2.34. The van der Waals surface area contributed by atoms with Crippen LogP contribution in [0.1, 0.15) is 26.7 Å². The van der Waals surface area contributed by atoms with Gasteiger partial charge in [0.1, 0.15) is 0 Å². The van der Waals surface area contributed by atoms with Crippen LogP contribution in [0.3, 0.4) is 0 Å². The average molecular weight is 168 g/mol. The molecule has 2 nitrogen and oxygen atoms in total. The van der Waals surface area contributed by atoms with Crippen molar-refractivity contribution in [3.05, 3.63) is 0 Å². The van der Waals surface area contributed by atoms with Crippen LogP contribution in [-0.4, -0.2) is 30.6 Å². The fraction of sp³-hybridized carbons (Fsp3) is 1.00. The van der Waals surface area contributed by atoms with Gasteiger partial charge in [0.2, 0.25) is 0 Å². The lowest BCUT2D eigenvalue weighted by atomic mass is 9.84. The highest BCUT2D eigenvalue weighted by molar-refractivity contribution is 4.92. The summed E-state index contributed by atoms with van der Waals surface area (Å²) in [6.07, 6.45) is 2.75. The predicted molar refractivity (Wildman–Crippen MR) is 50.9 cm³/mol. The number of rotatable bonds is 3. The Morgan fingerprint density at radius 2 is 2.00 bits per heavy atom. The van der Waals surface area contributed by atoms with E-state index < -0.39 is 0 Å². The normalized spacial score (nSPS) is 31.2. The maximum atomic E-state index is 6.04. The number of nitrogens with two attached hydrogens (primary N) is 1. The van der Waals surface area contributed by atoms with E-state index in [-0.39, 0.29) is 0 Å². The molecular weight excluding hydrogens is 148 g/mol. The monoisotopic (exact) mass is 168 g/mol. The zero-order valence-electron chi connectivity index (χ0n) is 8.21. The van der Waals surface area contributed by atoms with Gasteiger partial charge in [-0.1, -0.05) is 13.8 Å². The molecule has 2 N–H and O–H groups in total. The summed E-state index contributed by atoms with van der Waals surface area (Å²) >= 11 is 0. The van der Waals surface area contributed by atoms with Crippen LogP contribution in [0.5, 0.6) is 0 Å². The molecule has 0 aromatic rings. The Hall–Kier alpha value is -0.0800. The SMILES string of the molecule is CC1(C)CN(CC(N)C2CC2)C1. The molecule has 0 aromatic heterocycles. The third-order valence-corrected chi connectivity index (χ3v) is 3.00. The minimum Gasteiger partial charge on any atom is -0.326 e. The van der Waals surface area contributed by atoms with Crippen LogP contribution in [0.2, 0.25) is 0 Å². The molecule has 1 saturated heterocycles. The van der Waals surface area contributed by atoms with Crippen LogP contribution in [-0.2, 0) is 0 Å². The lowest BCUT2D eigenvalue weighted by Gasteiger charge is -2.46. The molecule has 2 rings (SSSR count). The second-order valence-corrected chi connectivity index (χ2v) is 5.34. The van der Waals surface area contributed by atoms with Crippen molar-refractivity contribution in [3.63, 3.8) is 0 Å². The maximum Gasteiger partial charge on any atom is 0.0196 e. The zero-order valence-corrected chi connectivity index (χ0v) is 8.21. The molecule has 0 bridgehead atoms. The molecular formula is C10H20N2. The van der Waals surface area contributed by atoms with E-state index in [1.165, 1.54) is 25.9 Å². The molecule has 12 heavy (non-hydrogen) atoms. The van der Waals surface area contributed by atoms with Gasteiger partial charge in [0.15, 0.2) is 0 Å². The van der Waals surface area contributed by atoms with Crippen molar-refractivity contribution < 1.29 is 0 Å². The smallest absolute Gasteiger partial charge is 0.0196 e. The minimum atomic E-state index is 0.459. The van der Waals surface area contributed by atoms with E-state index in [9.17, 15) is 0 Å². The largest absolute Gasteiger partial charge is 0.326 e. The third kappa shape index (κ3) is 1.80. The first-order valence-corrected chi connectivity index (χ1v) is 5.05. The lowest BCUT2D eigenvalue weighted by Crippen LogP contribution is -2.56. The first kappa shape index (κ1) is 8.52. The summed E-state index contributed by atoms with van der Waals surface area (Å²) in [7, 11) is 0. The van der Waals surface area contributed by atoms with Gasteiger partial charge in [-0.3, -0.25) is 0 Å².